The van der Waals surface area contributed by atoms with E-state index in [-0.39, 0.29) is 11.5 Å². The van der Waals surface area contributed by atoms with Gasteiger partial charge >= 0.3 is 0 Å². The number of hydrogen-bond donors (Lipinski definition) is 4. The van der Waals surface area contributed by atoms with Gasteiger partial charge in [-0.05, 0) is 113 Å². The summed E-state index contributed by atoms with van der Waals surface area (Å²) in [6.45, 7) is 11.5. The first-order chi connectivity index (χ1) is 15.1. The Morgan fingerprint density at radius 3 is 1.28 bits per heavy atom. The van der Waals surface area contributed by atoms with Crippen LogP contribution in [0.2, 0.25) is 0 Å². The summed E-state index contributed by atoms with van der Waals surface area (Å²) < 4.78 is 0. The Balaban J connectivity index is 0.000000320. The third kappa shape index (κ3) is 8.68. The molecule has 6 nitrogen and oxygen atoms in total. The van der Waals surface area contributed by atoms with Gasteiger partial charge in [0, 0.05) is 0 Å². The molecule has 6 heteroatoms. The molecule has 0 aliphatic rings. The molecule has 0 heterocycles. The molecule has 32 heavy (non-hydrogen) atoms. The normalized spacial score (nSPS) is 11.3. The quantitative estimate of drug-likeness (QED) is 0.186. The third-order valence-corrected chi connectivity index (χ3v) is 4.75. The van der Waals surface area contributed by atoms with Gasteiger partial charge < -0.3 is 20.6 Å². The van der Waals surface area contributed by atoms with Crippen molar-refractivity contribution >= 4 is 11.4 Å². The van der Waals surface area contributed by atoms with Gasteiger partial charge in [-0.1, -0.05) is 33.6 Å². The fourth-order valence-electron chi connectivity index (χ4n) is 2.69. The molecule has 0 aliphatic carbocycles. The highest BCUT2D eigenvalue weighted by molar-refractivity contribution is 5.99. The van der Waals surface area contributed by atoms with Crippen molar-refractivity contribution in [1.82, 2.24) is 0 Å². The first kappa shape index (κ1) is 26.5. The molecule has 0 fully saturated rings. The molecular weight excluding hydrogens is 404 g/mol. The second kappa shape index (κ2) is 13.0. The third-order valence-electron chi connectivity index (χ3n) is 4.75. The number of rotatable bonds is 6. The number of phenols is 2. The first-order valence-corrected chi connectivity index (χ1v) is 10.4. The molecular formula is C26H34N2O4. The zero-order chi connectivity index (χ0) is 24.3. The fraction of sp³-hybridized carbons (Fsp3) is 0.308. The van der Waals surface area contributed by atoms with Gasteiger partial charge in [0.1, 0.15) is 11.5 Å². The summed E-state index contributed by atoms with van der Waals surface area (Å²) in [5.74, 6) is 0.541. The number of allylic oxidation sites excluding steroid dienone is 4. The van der Waals surface area contributed by atoms with E-state index in [1.165, 1.54) is 11.1 Å². The lowest BCUT2D eigenvalue weighted by Gasteiger charge is -2.05. The van der Waals surface area contributed by atoms with E-state index in [4.69, 9.17) is 10.4 Å². The number of oxime groups is 2. The molecule has 0 bridgehead atoms. The summed E-state index contributed by atoms with van der Waals surface area (Å²) in [5, 5.41) is 43.0. The molecule has 172 valence electrons. The Morgan fingerprint density at radius 1 is 0.656 bits per heavy atom. The Hall–Kier alpha value is -3.54. The van der Waals surface area contributed by atoms with Gasteiger partial charge in [-0.15, -0.1) is 0 Å². The molecule has 2 rings (SSSR count). The van der Waals surface area contributed by atoms with Gasteiger partial charge in [0.15, 0.2) is 0 Å². The predicted molar refractivity (Wildman–Crippen MR) is 130 cm³/mol. The van der Waals surface area contributed by atoms with E-state index < -0.39 is 0 Å². The smallest absolute Gasteiger partial charge is 0.119 e. The Bertz CT molecular complexity index is 943. The summed E-state index contributed by atoms with van der Waals surface area (Å²) in [4.78, 5) is 0. The summed E-state index contributed by atoms with van der Waals surface area (Å²) in [5.41, 5.74) is 6.80. The van der Waals surface area contributed by atoms with Crippen molar-refractivity contribution < 1.29 is 20.6 Å². The molecule has 0 amide bonds. The Kier molecular flexibility index (Phi) is 10.8. The zero-order valence-electron chi connectivity index (χ0n) is 19.7. The molecule has 0 saturated carbocycles. The van der Waals surface area contributed by atoms with E-state index in [2.05, 4.69) is 10.3 Å². The van der Waals surface area contributed by atoms with Gasteiger partial charge in [-0.3, -0.25) is 0 Å². The molecule has 4 N–H and O–H groups in total. The van der Waals surface area contributed by atoms with Gasteiger partial charge in [0.25, 0.3) is 0 Å². The number of aromatic hydroxyl groups is 2. The van der Waals surface area contributed by atoms with E-state index in [1.54, 1.807) is 38.1 Å². The van der Waals surface area contributed by atoms with Crippen molar-refractivity contribution in [2.45, 2.75) is 54.4 Å². The van der Waals surface area contributed by atoms with Crippen molar-refractivity contribution in [2.24, 2.45) is 10.3 Å². The minimum absolute atomic E-state index is 0.270. The van der Waals surface area contributed by atoms with Crippen LogP contribution in [0.1, 0.15) is 63.8 Å². The standard InChI is InChI=1S/2C13H17NO2/c2*1-9(2)4-5-12-8-11(10(3)14-16)6-7-13(12)15/h2*4,6-8,15-16H,5H2,1-3H3/b2*14-10+. The van der Waals surface area contributed by atoms with E-state index >= 15 is 0 Å². The minimum Gasteiger partial charge on any atom is -0.508 e. The Labute approximate surface area is 190 Å². The van der Waals surface area contributed by atoms with E-state index in [1.807, 2.05) is 52.0 Å². The van der Waals surface area contributed by atoms with E-state index in [0.717, 1.165) is 22.3 Å². The largest absolute Gasteiger partial charge is 0.508 e. The zero-order valence-corrected chi connectivity index (χ0v) is 19.7. The second-order valence-electron chi connectivity index (χ2n) is 8.03. The maximum Gasteiger partial charge on any atom is 0.119 e. The summed E-state index contributed by atoms with van der Waals surface area (Å²) in [6.07, 6.45) is 5.45. The van der Waals surface area contributed by atoms with Gasteiger partial charge in [0.2, 0.25) is 0 Å². The number of phenolic OH excluding ortho intramolecular Hbond substituents is 2. The topological polar surface area (TPSA) is 106 Å². The van der Waals surface area contributed by atoms with Crippen LogP contribution in [0.3, 0.4) is 0 Å². The van der Waals surface area contributed by atoms with Crippen LogP contribution in [0, 0.1) is 0 Å². The molecule has 0 radical (unpaired) electrons. The lowest BCUT2D eigenvalue weighted by Crippen LogP contribution is -1.96. The van der Waals surface area contributed by atoms with Crippen molar-refractivity contribution in [3.05, 3.63) is 82.0 Å². The lowest BCUT2D eigenvalue weighted by atomic mass is 10.0. The second-order valence-corrected chi connectivity index (χ2v) is 8.03. The van der Waals surface area contributed by atoms with Gasteiger partial charge in [-0.25, -0.2) is 0 Å². The number of nitrogens with zero attached hydrogens (tertiary/aromatic N) is 2. The average Bonchev–Trinajstić information content (AvgIpc) is 2.77. The van der Waals surface area contributed by atoms with Crippen molar-refractivity contribution in [3.63, 3.8) is 0 Å². The average molecular weight is 439 g/mol. The van der Waals surface area contributed by atoms with Crippen LogP contribution >= 0.6 is 0 Å². The highest BCUT2D eigenvalue weighted by Gasteiger charge is 2.05. The number of hydrogen-bond acceptors (Lipinski definition) is 6. The van der Waals surface area contributed by atoms with Gasteiger partial charge in [0.05, 0.1) is 11.4 Å². The molecule has 2 aromatic carbocycles. The van der Waals surface area contributed by atoms with E-state index in [9.17, 15) is 10.2 Å². The molecule has 0 aliphatic heterocycles. The summed E-state index contributed by atoms with van der Waals surface area (Å²) in [7, 11) is 0. The molecule has 0 saturated heterocycles. The maximum absolute atomic E-state index is 9.67. The Morgan fingerprint density at radius 2 is 1.00 bits per heavy atom. The first-order valence-electron chi connectivity index (χ1n) is 10.4. The molecule has 2 aromatic rings. The molecule has 0 atom stereocenters. The van der Waals surface area contributed by atoms with Gasteiger partial charge in [-0.2, -0.15) is 0 Å². The van der Waals surface area contributed by atoms with Crippen LogP contribution in [0.4, 0.5) is 0 Å². The SMILES string of the molecule is CC(C)=CCc1cc(/C(C)=N/O)ccc1O.CC(C)=CCc1cc(/C(C)=N/O)ccc1O. The van der Waals surface area contributed by atoms with Crippen molar-refractivity contribution in [1.29, 1.82) is 0 Å². The lowest BCUT2D eigenvalue weighted by molar-refractivity contribution is 0.319. The summed E-state index contributed by atoms with van der Waals surface area (Å²) in [6, 6.07) is 10.4. The fourth-order valence-corrected chi connectivity index (χ4v) is 2.69. The highest BCUT2D eigenvalue weighted by atomic mass is 16.4. The van der Waals surface area contributed by atoms with E-state index in [0.29, 0.717) is 24.3 Å². The number of benzene rings is 2. The monoisotopic (exact) mass is 438 g/mol. The van der Waals surface area contributed by atoms with Crippen molar-refractivity contribution in [3.8, 4) is 11.5 Å². The molecule has 0 unspecified atom stereocenters. The van der Waals surface area contributed by atoms with Crippen LogP contribution in [-0.2, 0) is 12.8 Å². The van der Waals surface area contributed by atoms with Crippen LogP contribution in [0.5, 0.6) is 11.5 Å². The molecule has 0 spiro atoms. The van der Waals surface area contributed by atoms with Crippen molar-refractivity contribution in [2.75, 3.05) is 0 Å². The highest BCUT2D eigenvalue weighted by Crippen LogP contribution is 2.21. The minimum atomic E-state index is 0.270. The van der Waals surface area contributed by atoms with Crippen LogP contribution in [0.15, 0.2) is 70.0 Å². The van der Waals surface area contributed by atoms with Crippen LogP contribution in [-0.4, -0.2) is 32.1 Å². The maximum atomic E-state index is 9.67. The van der Waals surface area contributed by atoms with Crippen LogP contribution in [0.25, 0.3) is 0 Å². The predicted octanol–water partition coefficient (Wildman–Crippen LogP) is 6.20. The molecule has 0 aromatic heterocycles. The summed E-state index contributed by atoms with van der Waals surface area (Å²) >= 11 is 0. The van der Waals surface area contributed by atoms with Crippen LogP contribution < -0.4 is 0 Å².